The molecule has 2 heteroatoms. The zero-order valence-corrected chi connectivity index (χ0v) is 11.3. The average molecular weight is 253 g/mol. The van der Waals surface area contributed by atoms with Crippen molar-refractivity contribution < 1.29 is 4.74 Å². The molecule has 0 unspecified atom stereocenters. The first kappa shape index (κ1) is 12.1. The van der Waals surface area contributed by atoms with Crippen LogP contribution in [-0.2, 0) is 19.4 Å². The van der Waals surface area contributed by atoms with Gasteiger partial charge in [0, 0.05) is 5.69 Å². The standard InChI is InChI=1S/C17H19NO/c1-12-15(6-3-7-17(12)18)11-19-16-9-8-13-4-2-5-14(13)10-16/h3,6-10H,2,4-5,11,18H2,1H3. The van der Waals surface area contributed by atoms with Crippen molar-refractivity contribution in [1.82, 2.24) is 0 Å². The highest BCUT2D eigenvalue weighted by molar-refractivity contribution is 5.50. The number of rotatable bonds is 3. The molecule has 0 bridgehead atoms. The fourth-order valence-electron chi connectivity index (χ4n) is 2.66. The van der Waals surface area contributed by atoms with Crippen molar-refractivity contribution in [3.05, 3.63) is 58.7 Å². The van der Waals surface area contributed by atoms with Crippen molar-refractivity contribution in [3.8, 4) is 5.75 Å². The topological polar surface area (TPSA) is 35.2 Å². The number of benzene rings is 2. The molecular weight excluding hydrogens is 234 g/mol. The molecule has 0 aromatic heterocycles. The Labute approximate surface area is 114 Å². The van der Waals surface area contributed by atoms with Crippen LogP contribution in [0.25, 0.3) is 0 Å². The molecule has 0 radical (unpaired) electrons. The molecular formula is C17H19NO. The zero-order valence-electron chi connectivity index (χ0n) is 11.3. The lowest BCUT2D eigenvalue weighted by Crippen LogP contribution is -2.01. The van der Waals surface area contributed by atoms with Crippen LogP contribution < -0.4 is 10.5 Å². The third-order valence-electron chi connectivity index (χ3n) is 3.95. The number of hydrogen-bond acceptors (Lipinski definition) is 2. The Morgan fingerprint density at radius 2 is 1.95 bits per heavy atom. The quantitative estimate of drug-likeness (QED) is 0.847. The van der Waals surface area contributed by atoms with Gasteiger partial charge in [-0.3, -0.25) is 0 Å². The Morgan fingerprint density at radius 1 is 1.11 bits per heavy atom. The first-order valence-corrected chi connectivity index (χ1v) is 6.82. The summed E-state index contributed by atoms with van der Waals surface area (Å²) in [5.41, 5.74) is 11.9. The average Bonchev–Trinajstić information content (AvgIpc) is 2.88. The van der Waals surface area contributed by atoms with Gasteiger partial charge in [0.05, 0.1) is 0 Å². The maximum absolute atomic E-state index is 5.91. The van der Waals surface area contributed by atoms with Gasteiger partial charge in [0.15, 0.2) is 0 Å². The Balaban J connectivity index is 1.74. The molecule has 98 valence electrons. The molecule has 0 saturated heterocycles. The van der Waals surface area contributed by atoms with Crippen LogP contribution in [0.2, 0.25) is 0 Å². The van der Waals surface area contributed by atoms with E-state index in [1.54, 1.807) is 0 Å². The summed E-state index contributed by atoms with van der Waals surface area (Å²) in [6.07, 6.45) is 3.67. The minimum Gasteiger partial charge on any atom is -0.489 e. The maximum Gasteiger partial charge on any atom is 0.120 e. The maximum atomic E-state index is 5.91. The summed E-state index contributed by atoms with van der Waals surface area (Å²) < 4.78 is 5.90. The van der Waals surface area contributed by atoms with Gasteiger partial charge in [-0.05, 0) is 66.6 Å². The van der Waals surface area contributed by atoms with Crippen molar-refractivity contribution in [3.63, 3.8) is 0 Å². The lowest BCUT2D eigenvalue weighted by atomic mass is 10.1. The monoisotopic (exact) mass is 253 g/mol. The molecule has 0 atom stereocenters. The highest BCUT2D eigenvalue weighted by atomic mass is 16.5. The first-order chi connectivity index (χ1) is 9.24. The van der Waals surface area contributed by atoms with Crippen molar-refractivity contribution in [1.29, 1.82) is 0 Å². The summed E-state index contributed by atoms with van der Waals surface area (Å²) in [5.74, 6) is 0.961. The normalized spacial score (nSPS) is 13.3. The summed E-state index contributed by atoms with van der Waals surface area (Å²) in [5, 5.41) is 0. The largest absolute Gasteiger partial charge is 0.489 e. The summed E-state index contributed by atoms with van der Waals surface area (Å²) >= 11 is 0. The molecule has 0 spiro atoms. The predicted octanol–water partition coefficient (Wildman–Crippen LogP) is 3.64. The van der Waals surface area contributed by atoms with E-state index in [1.165, 1.54) is 30.4 Å². The van der Waals surface area contributed by atoms with Gasteiger partial charge in [0.2, 0.25) is 0 Å². The smallest absolute Gasteiger partial charge is 0.120 e. The number of ether oxygens (including phenoxy) is 1. The van der Waals surface area contributed by atoms with E-state index >= 15 is 0 Å². The highest BCUT2D eigenvalue weighted by Gasteiger charge is 2.11. The van der Waals surface area contributed by atoms with E-state index in [2.05, 4.69) is 24.3 Å². The summed E-state index contributed by atoms with van der Waals surface area (Å²) in [6, 6.07) is 12.4. The second kappa shape index (κ2) is 4.96. The van der Waals surface area contributed by atoms with Gasteiger partial charge < -0.3 is 10.5 Å². The van der Waals surface area contributed by atoms with E-state index in [1.807, 2.05) is 19.1 Å². The number of hydrogen-bond donors (Lipinski definition) is 1. The highest BCUT2D eigenvalue weighted by Crippen LogP contribution is 2.27. The van der Waals surface area contributed by atoms with Crippen LogP contribution in [0.5, 0.6) is 5.75 Å². The van der Waals surface area contributed by atoms with Gasteiger partial charge in [-0.2, -0.15) is 0 Å². The minimum atomic E-state index is 0.579. The number of anilines is 1. The number of fused-ring (bicyclic) bond motifs is 1. The Morgan fingerprint density at radius 3 is 2.84 bits per heavy atom. The lowest BCUT2D eigenvalue weighted by Gasteiger charge is -2.11. The second-order valence-electron chi connectivity index (χ2n) is 5.20. The number of aryl methyl sites for hydroxylation is 2. The van der Waals surface area contributed by atoms with Crippen LogP contribution in [0.1, 0.15) is 28.7 Å². The molecule has 19 heavy (non-hydrogen) atoms. The van der Waals surface area contributed by atoms with Gasteiger partial charge in [0.1, 0.15) is 12.4 Å². The Kier molecular flexibility index (Phi) is 3.16. The van der Waals surface area contributed by atoms with Crippen LogP contribution in [0.4, 0.5) is 5.69 Å². The van der Waals surface area contributed by atoms with Crippen molar-refractivity contribution >= 4 is 5.69 Å². The van der Waals surface area contributed by atoms with E-state index in [0.29, 0.717) is 6.61 Å². The third kappa shape index (κ3) is 2.43. The number of nitrogen functional groups attached to an aromatic ring is 1. The first-order valence-electron chi connectivity index (χ1n) is 6.82. The van der Waals surface area contributed by atoms with E-state index < -0.39 is 0 Å². The van der Waals surface area contributed by atoms with Gasteiger partial charge in [-0.1, -0.05) is 18.2 Å². The molecule has 0 saturated carbocycles. The van der Waals surface area contributed by atoms with E-state index in [-0.39, 0.29) is 0 Å². The van der Waals surface area contributed by atoms with Gasteiger partial charge in [-0.15, -0.1) is 0 Å². The molecule has 2 nitrogen and oxygen atoms in total. The van der Waals surface area contributed by atoms with E-state index in [0.717, 1.165) is 22.6 Å². The Bertz CT molecular complexity index is 604. The van der Waals surface area contributed by atoms with E-state index in [4.69, 9.17) is 10.5 Å². The van der Waals surface area contributed by atoms with Gasteiger partial charge >= 0.3 is 0 Å². The molecule has 0 heterocycles. The van der Waals surface area contributed by atoms with E-state index in [9.17, 15) is 0 Å². The molecule has 0 fully saturated rings. The van der Waals surface area contributed by atoms with Crippen LogP contribution in [0, 0.1) is 6.92 Å². The van der Waals surface area contributed by atoms with Crippen LogP contribution in [0.3, 0.4) is 0 Å². The molecule has 2 aromatic carbocycles. The van der Waals surface area contributed by atoms with Crippen LogP contribution >= 0.6 is 0 Å². The number of nitrogens with two attached hydrogens (primary N) is 1. The van der Waals surface area contributed by atoms with Crippen LogP contribution in [0.15, 0.2) is 36.4 Å². The molecule has 1 aliphatic rings. The molecule has 2 N–H and O–H groups in total. The summed E-state index contributed by atoms with van der Waals surface area (Å²) in [6.45, 7) is 2.62. The third-order valence-corrected chi connectivity index (χ3v) is 3.95. The summed E-state index contributed by atoms with van der Waals surface area (Å²) in [7, 11) is 0. The van der Waals surface area contributed by atoms with Gasteiger partial charge in [-0.25, -0.2) is 0 Å². The van der Waals surface area contributed by atoms with Crippen molar-refractivity contribution in [2.24, 2.45) is 0 Å². The fraction of sp³-hybridized carbons (Fsp3) is 0.294. The van der Waals surface area contributed by atoms with Crippen LogP contribution in [-0.4, -0.2) is 0 Å². The SMILES string of the molecule is Cc1c(N)cccc1COc1ccc2c(c1)CCC2. The fourth-order valence-corrected chi connectivity index (χ4v) is 2.66. The van der Waals surface area contributed by atoms with Crippen molar-refractivity contribution in [2.45, 2.75) is 32.8 Å². The lowest BCUT2D eigenvalue weighted by molar-refractivity contribution is 0.305. The molecule has 0 aliphatic heterocycles. The van der Waals surface area contributed by atoms with Crippen molar-refractivity contribution in [2.75, 3.05) is 5.73 Å². The second-order valence-corrected chi connectivity index (χ2v) is 5.20. The zero-order chi connectivity index (χ0) is 13.2. The minimum absolute atomic E-state index is 0.579. The Hall–Kier alpha value is -1.96. The molecule has 1 aliphatic carbocycles. The molecule has 2 aromatic rings. The molecule has 0 amide bonds. The summed E-state index contributed by atoms with van der Waals surface area (Å²) in [4.78, 5) is 0. The predicted molar refractivity (Wildman–Crippen MR) is 78.4 cm³/mol. The molecule has 3 rings (SSSR count). The van der Waals surface area contributed by atoms with Gasteiger partial charge in [0.25, 0.3) is 0 Å².